The maximum atomic E-state index is 12.4. The summed E-state index contributed by atoms with van der Waals surface area (Å²) in [6.07, 6.45) is 6.90. The van der Waals surface area contributed by atoms with E-state index in [2.05, 4.69) is 5.16 Å². The van der Waals surface area contributed by atoms with Gasteiger partial charge in [-0.1, -0.05) is 5.16 Å². The Morgan fingerprint density at radius 1 is 1.15 bits per heavy atom. The number of urea groups is 1. The summed E-state index contributed by atoms with van der Waals surface area (Å²) in [5.74, 6) is 0.273. The zero-order valence-electron chi connectivity index (χ0n) is 12.0. The van der Waals surface area contributed by atoms with Crippen molar-refractivity contribution in [1.82, 2.24) is 9.80 Å². The first kappa shape index (κ1) is 15.3. The van der Waals surface area contributed by atoms with E-state index in [9.17, 15) is 4.79 Å². The van der Waals surface area contributed by atoms with Gasteiger partial charge in [-0.2, -0.15) is 11.8 Å². The van der Waals surface area contributed by atoms with Crippen LogP contribution in [0.15, 0.2) is 5.16 Å². The molecule has 0 bridgehead atoms. The van der Waals surface area contributed by atoms with E-state index in [0.717, 1.165) is 38.8 Å². The van der Waals surface area contributed by atoms with Crippen LogP contribution < -0.4 is 5.73 Å². The Hall–Kier alpha value is -1.11. The summed E-state index contributed by atoms with van der Waals surface area (Å²) in [5, 5.41) is 12.1. The second-order valence-electron chi connectivity index (χ2n) is 5.50. The molecule has 2 aliphatic rings. The zero-order chi connectivity index (χ0) is 14.6. The second kappa shape index (κ2) is 6.56. The van der Waals surface area contributed by atoms with Gasteiger partial charge in [0.15, 0.2) is 5.84 Å². The molecular formula is C13H24N4O2S. The summed E-state index contributed by atoms with van der Waals surface area (Å²) in [6.45, 7) is 3.10. The smallest absolute Gasteiger partial charge is 0.319 e. The molecular weight excluding hydrogens is 276 g/mol. The number of likely N-dealkylation sites (tertiary alicyclic amines) is 2. The summed E-state index contributed by atoms with van der Waals surface area (Å²) >= 11 is 1.61. The highest BCUT2D eigenvalue weighted by Gasteiger charge is 2.40. The van der Waals surface area contributed by atoms with Gasteiger partial charge in [0.05, 0.1) is 4.75 Å². The highest BCUT2D eigenvalue weighted by atomic mass is 32.2. The second-order valence-corrected chi connectivity index (χ2v) is 6.69. The molecule has 0 aromatic rings. The fraction of sp³-hybridized carbons (Fsp3) is 0.846. The first-order valence-corrected chi connectivity index (χ1v) is 8.42. The lowest BCUT2D eigenvalue weighted by Crippen LogP contribution is -2.54. The molecule has 2 saturated heterocycles. The SMILES string of the molecule is CSC1(C(N)=NO)CCN(C(=O)N2CCCCC2)CC1. The van der Waals surface area contributed by atoms with Crippen molar-refractivity contribution >= 4 is 23.6 Å². The number of hydrogen-bond donors (Lipinski definition) is 2. The summed E-state index contributed by atoms with van der Waals surface area (Å²) in [7, 11) is 0. The molecule has 0 atom stereocenters. The van der Waals surface area contributed by atoms with E-state index in [0.29, 0.717) is 13.1 Å². The van der Waals surface area contributed by atoms with Crippen LogP contribution in [0.1, 0.15) is 32.1 Å². The quantitative estimate of drug-likeness (QED) is 0.351. The molecule has 2 fully saturated rings. The van der Waals surface area contributed by atoms with Gasteiger partial charge >= 0.3 is 6.03 Å². The van der Waals surface area contributed by atoms with Crippen LogP contribution in [0.3, 0.4) is 0 Å². The van der Waals surface area contributed by atoms with Crippen LogP contribution >= 0.6 is 11.8 Å². The van der Waals surface area contributed by atoms with Gasteiger partial charge < -0.3 is 20.7 Å². The Morgan fingerprint density at radius 3 is 2.20 bits per heavy atom. The van der Waals surface area contributed by atoms with E-state index in [1.54, 1.807) is 11.8 Å². The Kier molecular flexibility index (Phi) is 5.01. The lowest BCUT2D eigenvalue weighted by molar-refractivity contribution is 0.133. The van der Waals surface area contributed by atoms with E-state index in [1.807, 2.05) is 16.1 Å². The molecule has 0 aromatic heterocycles. The van der Waals surface area contributed by atoms with Crippen LogP contribution in [0.2, 0.25) is 0 Å². The molecule has 3 N–H and O–H groups in total. The minimum atomic E-state index is -0.326. The molecule has 7 heteroatoms. The highest BCUT2D eigenvalue weighted by Crippen LogP contribution is 2.35. The molecule has 2 amide bonds. The lowest BCUT2D eigenvalue weighted by Gasteiger charge is -2.41. The van der Waals surface area contributed by atoms with Gasteiger partial charge in [0, 0.05) is 26.2 Å². The summed E-state index contributed by atoms with van der Waals surface area (Å²) < 4.78 is -0.326. The minimum Gasteiger partial charge on any atom is -0.409 e. The van der Waals surface area contributed by atoms with Gasteiger partial charge in [-0.3, -0.25) is 0 Å². The number of thioether (sulfide) groups is 1. The van der Waals surface area contributed by atoms with Crippen molar-refractivity contribution in [2.45, 2.75) is 36.9 Å². The van der Waals surface area contributed by atoms with Gasteiger partial charge in [0.1, 0.15) is 0 Å². The molecule has 0 aromatic carbocycles. The van der Waals surface area contributed by atoms with Crippen LogP contribution in [0, 0.1) is 0 Å². The number of nitrogens with two attached hydrogens (primary N) is 1. The molecule has 0 spiro atoms. The predicted molar refractivity (Wildman–Crippen MR) is 81.3 cm³/mol. The molecule has 0 unspecified atom stereocenters. The molecule has 6 nitrogen and oxygen atoms in total. The van der Waals surface area contributed by atoms with Gasteiger partial charge in [-0.25, -0.2) is 4.79 Å². The van der Waals surface area contributed by atoms with Crippen molar-refractivity contribution in [3.63, 3.8) is 0 Å². The topological polar surface area (TPSA) is 82.2 Å². The van der Waals surface area contributed by atoms with Crippen molar-refractivity contribution in [3.05, 3.63) is 0 Å². The van der Waals surface area contributed by atoms with E-state index < -0.39 is 0 Å². The third-order valence-electron chi connectivity index (χ3n) is 4.43. The maximum Gasteiger partial charge on any atom is 0.319 e. The number of amides is 2. The monoisotopic (exact) mass is 300 g/mol. The molecule has 2 aliphatic heterocycles. The summed E-state index contributed by atoms with van der Waals surface area (Å²) in [6, 6.07) is 0.152. The van der Waals surface area contributed by atoms with Crippen LogP contribution in [-0.4, -0.2) is 64.1 Å². The van der Waals surface area contributed by atoms with Crippen LogP contribution in [0.5, 0.6) is 0 Å². The fourth-order valence-corrected chi connectivity index (χ4v) is 3.84. The van der Waals surface area contributed by atoms with Gasteiger partial charge in [-0.15, -0.1) is 0 Å². The first-order chi connectivity index (χ1) is 9.63. The van der Waals surface area contributed by atoms with Gasteiger partial charge in [0.25, 0.3) is 0 Å². The number of hydrogen-bond acceptors (Lipinski definition) is 4. The molecule has 0 saturated carbocycles. The fourth-order valence-electron chi connectivity index (χ4n) is 3.00. The molecule has 114 valence electrons. The average Bonchev–Trinajstić information content (AvgIpc) is 2.54. The van der Waals surface area contributed by atoms with E-state index in [4.69, 9.17) is 10.9 Å². The third kappa shape index (κ3) is 2.97. The number of rotatable bonds is 2. The number of carbonyl (C=O) groups excluding carboxylic acids is 1. The standard InChI is InChI=1S/C13H24N4O2S/c1-20-13(11(14)15-19)5-9-17(10-6-13)12(18)16-7-3-2-4-8-16/h19H,2-10H2,1H3,(H2,14,15). The van der Waals surface area contributed by atoms with Gasteiger partial charge in [-0.05, 0) is 38.4 Å². The largest absolute Gasteiger partial charge is 0.409 e. The van der Waals surface area contributed by atoms with Gasteiger partial charge in [0.2, 0.25) is 0 Å². The number of piperidine rings is 2. The Labute approximate surface area is 124 Å². The number of nitrogens with zero attached hydrogens (tertiary/aromatic N) is 3. The Morgan fingerprint density at radius 2 is 1.70 bits per heavy atom. The normalized spacial score (nSPS) is 23.8. The van der Waals surface area contributed by atoms with Crippen molar-refractivity contribution < 1.29 is 10.0 Å². The first-order valence-electron chi connectivity index (χ1n) is 7.20. The van der Waals surface area contributed by atoms with Crippen molar-refractivity contribution in [1.29, 1.82) is 0 Å². The van der Waals surface area contributed by atoms with E-state index in [1.165, 1.54) is 6.42 Å². The predicted octanol–water partition coefficient (Wildman–Crippen LogP) is 1.54. The average molecular weight is 300 g/mol. The van der Waals surface area contributed by atoms with E-state index >= 15 is 0 Å². The van der Waals surface area contributed by atoms with Crippen molar-refractivity contribution in [3.8, 4) is 0 Å². The number of amidine groups is 1. The van der Waals surface area contributed by atoms with Crippen LogP contribution in [-0.2, 0) is 0 Å². The number of oxime groups is 1. The van der Waals surface area contributed by atoms with Crippen molar-refractivity contribution in [2.75, 3.05) is 32.4 Å². The maximum absolute atomic E-state index is 12.4. The molecule has 2 rings (SSSR count). The molecule has 20 heavy (non-hydrogen) atoms. The van der Waals surface area contributed by atoms with Crippen LogP contribution in [0.4, 0.5) is 4.79 Å². The molecule has 0 aliphatic carbocycles. The highest BCUT2D eigenvalue weighted by molar-refractivity contribution is 8.00. The summed E-state index contributed by atoms with van der Waals surface area (Å²) in [4.78, 5) is 16.3. The Balaban J connectivity index is 1.94. The van der Waals surface area contributed by atoms with Crippen LogP contribution in [0.25, 0.3) is 0 Å². The molecule has 0 radical (unpaired) electrons. The lowest BCUT2D eigenvalue weighted by atomic mass is 9.94. The van der Waals surface area contributed by atoms with Crippen molar-refractivity contribution in [2.24, 2.45) is 10.9 Å². The summed E-state index contributed by atoms with van der Waals surface area (Å²) in [5.41, 5.74) is 5.82. The number of carbonyl (C=O) groups is 1. The third-order valence-corrected chi connectivity index (χ3v) is 5.83. The Bertz CT molecular complexity index is 375. The zero-order valence-corrected chi connectivity index (χ0v) is 12.9. The minimum absolute atomic E-state index is 0.152. The van der Waals surface area contributed by atoms with E-state index in [-0.39, 0.29) is 16.6 Å². The molecule has 2 heterocycles.